The van der Waals surface area contributed by atoms with E-state index in [1.54, 1.807) is 0 Å². The van der Waals surface area contributed by atoms with Crippen molar-refractivity contribution in [2.24, 2.45) is 0 Å². The molecule has 0 spiro atoms. The van der Waals surface area contributed by atoms with Crippen molar-refractivity contribution >= 4 is 11.9 Å². The quantitative estimate of drug-likeness (QED) is 0.675. The van der Waals surface area contributed by atoms with Crippen LogP contribution in [-0.4, -0.2) is 58.8 Å². The molecule has 1 aromatic rings. The first-order chi connectivity index (χ1) is 7.34. The maximum absolute atomic E-state index is 11.5. The Morgan fingerprint density at radius 2 is 2.40 bits per heavy atom. The fraction of sp³-hybridized carbons (Fsp3) is 0.625. The second kappa shape index (κ2) is 4.85. The number of anilines is 1. The monoisotopic (exact) mass is 211 g/mol. The Bertz CT molecular complexity index is 307. The summed E-state index contributed by atoms with van der Waals surface area (Å²) < 4.78 is 5.19. The fourth-order valence-electron chi connectivity index (χ4n) is 1.40. The van der Waals surface area contributed by atoms with Gasteiger partial charge in [0.1, 0.15) is 6.33 Å². The number of nitrogens with zero attached hydrogens (tertiary/aromatic N) is 3. The van der Waals surface area contributed by atoms with E-state index in [1.807, 2.05) is 4.90 Å². The number of amides is 1. The van der Waals surface area contributed by atoms with E-state index in [4.69, 9.17) is 4.74 Å². The summed E-state index contributed by atoms with van der Waals surface area (Å²) in [6.07, 6.45) is 1.35. The molecule has 0 aliphatic carbocycles. The summed E-state index contributed by atoms with van der Waals surface area (Å²) in [4.78, 5) is 17.3. The van der Waals surface area contributed by atoms with Crippen LogP contribution in [-0.2, 0) is 9.53 Å². The number of aromatic amines is 1. The van der Waals surface area contributed by atoms with Crippen LogP contribution in [0.5, 0.6) is 0 Å². The number of rotatable bonds is 3. The summed E-state index contributed by atoms with van der Waals surface area (Å²) in [5.74, 6) is 0.293. The zero-order valence-corrected chi connectivity index (χ0v) is 8.27. The molecule has 0 atom stereocenters. The third-order valence-corrected chi connectivity index (χ3v) is 2.14. The van der Waals surface area contributed by atoms with Crippen LogP contribution in [0.3, 0.4) is 0 Å². The van der Waals surface area contributed by atoms with Crippen LogP contribution in [0, 0.1) is 0 Å². The van der Waals surface area contributed by atoms with E-state index < -0.39 is 0 Å². The maximum Gasteiger partial charge on any atom is 0.240 e. The van der Waals surface area contributed by atoms with E-state index in [9.17, 15) is 4.79 Å². The molecular weight excluding hydrogens is 198 g/mol. The number of hydrogen-bond donors (Lipinski definition) is 2. The van der Waals surface area contributed by atoms with Crippen molar-refractivity contribution in [2.45, 2.75) is 0 Å². The van der Waals surface area contributed by atoms with E-state index in [0.29, 0.717) is 25.7 Å². The molecular formula is C8H13N5O2. The summed E-state index contributed by atoms with van der Waals surface area (Å²) in [6.45, 7) is 3.34. The van der Waals surface area contributed by atoms with Gasteiger partial charge in [-0.15, -0.1) is 0 Å². The Morgan fingerprint density at radius 3 is 3.07 bits per heavy atom. The predicted octanol–water partition coefficient (Wildman–Crippen LogP) is -0.925. The maximum atomic E-state index is 11.5. The normalized spacial score (nSPS) is 17.6. The number of nitrogens with one attached hydrogen (secondary N) is 2. The first-order valence-electron chi connectivity index (χ1n) is 4.80. The van der Waals surface area contributed by atoms with Crippen molar-refractivity contribution in [1.82, 2.24) is 20.1 Å². The molecule has 1 aromatic heterocycles. The van der Waals surface area contributed by atoms with Crippen LogP contribution in [0.25, 0.3) is 0 Å². The highest BCUT2D eigenvalue weighted by Gasteiger charge is 2.14. The molecule has 1 saturated heterocycles. The standard InChI is InChI=1S/C8H13N5O2/c14-7(11-8-9-6-10-12-8)5-13-1-3-15-4-2-13/h6H,1-5H2,(H2,9,10,11,12,14). The minimum atomic E-state index is -0.0892. The van der Waals surface area contributed by atoms with Crippen molar-refractivity contribution in [3.05, 3.63) is 6.33 Å². The van der Waals surface area contributed by atoms with E-state index >= 15 is 0 Å². The molecule has 1 aliphatic heterocycles. The molecule has 15 heavy (non-hydrogen) atoms. The first-order valence-corrected chi connectivity index (χ1v) is 4.80. The molecule has 0 unspecified atom stereocenters. The third kappa shape index (κ3) is 3.00. The average Bonchev–Trinajstić information content (AvgIpc) is 2.71. The highest BCUT2D eigenvalue weighted by atomic mass is 16.5. The van der Waals surface area contributed by atoms with Gasteiger partial charge in [-0.1, -0.05) is 0 Å². The molecule has 2 N–H and O–H groups in total. The molecule has 82 valence electrons. The molecule has 1 amide bonds. The molecule has 0 bridgehead atoms. The Balaban J connectivity index is 1.76. The van der Waals surface area contributed by atoms with Crippen LogP contribution >= 0.6 is 0 Å². The SMILES string of the molecule is O=C(CN1CCOCC1)Nc1ncn[nH]1. The summed E-state index contributed by atoms with van der Waals surface area (Å²) in [5, 5.41) is 8.83. The van der Waals surface area contributed by atoms with Gasteiger partial charge in [-0.3, -0.25) is 15.0 Å². The lowest BCUT2D eigenvalue weighted by Gasteiger charge is -2.25. The van der Waals surface area contributed by atoms with Crippen molar-refractivity contribution in [3.63, 3.8) is 0 Å². The van der Waals surface area contributed by atoms with E-state index in [0.717, 1.165) is 13.1 Å². The zero-order chi connectivity index (χ0) is 10.5. The lowest BCUT2D eigenvalue weighted by molar-refractivity contribution is -0.118. The van der Waals surface area contributed by atoms with E-state index in [1.165, 1.54) is 6.33 Å². The highest BCUT2D eigenvalue weighted by Crippen LogP contribution is 1.98. The second-order valence-corrected chi connectivity index (χ2v) is 3.27. The van der Waals surface area contributed by atoms with Crippen molar-refractivity contribution in [1.29, 1.82) is 0 Å². The van der Waals surface area contributed by atoms with Gasteiger partial charge in [0.2, 0.25) is 11.9 Å². The number of carbonyl (C=O) groups is 1. The Kier molecular flexibility index (Phi) is 3.25. The van der Waals surface area contributed by atoms with Crippen LogP contribution in [0.15, 0.2) is 6.33 Å². The number of H-pyrrole nitrogens is 1. The third-order valence-electron chi connectivity index (χ3n) is 2.14. The van der Waals surface area contributed by atoms with Gasteiger partial charge < -0.3 is 4.74 Å². The lowest BCUT2D eigenvalue weighted by Crippen LogP contribution is -2.41. The molecule has 0 radical (unpaired) electrons. The van der Waals surface area contributed by atoms with Crippen molar-refractivity contribution in [3.8, 4) is 0 Å². The van der Waals surface area contributed by atoms with Crippen LogP contribution < -0.4 is 5.32 Å². The van der Waals surface area contributed by atoms with Gasteiger partial charge >= 0.3 is 0 Å². The molecule has 2 rings (SSSR count). The van der Waals surface area contributed by atoms with Gasteiger partial charge in [-0.05, 0) is 0 Å². The Hall–Kier alpha value is -1.47. The van der Waals surface area contributed by atoms with Gasteiger partial charge in [-0.2, -0.15) is 10.1 Å². The lowest BCUT2D eigenvalue weighted by atomic mass is 10.4. The fourth-order valence-corrected chi connectivity index (χ4v) is 1.40. The van der Waals surface area contributed by atoms with E-state index in [-0.39, 0.29) is 5.91 Å². The van der Waals surface area contributed by atoms with Crippen LogP contribution in [0.2, 0.25) is 0 Å². The molecule has 1 fully saturated rings. The summed E-state index contributed by atoms with van der Waals surface area (Å²) in [7, 11) is 0. The molecule has 1 aliphatic rings. The number of carbonyl (C=O) groups excluding carboxylic acids is 1. The van der Waals surface area contributed by atoms with Gasteiger partial charge in [0.25, 0.3) is 0 Å². The molecule has 7 nitrogen and oxygen atoms in total. The smallest absolute Gasteiger partial charge is 0.240 e. The van der Waals surface area contributed by atoms with Gasteiger partial charge in [0.05, 0.1) is 19.8 Å². The molecule has 7 heteroatoms. The van der Waals surface area contributed by atoms with Crippen LogP contribution in [0.4, 0.5) is 5.95 Å². The Labute approximate surface area is 86.8 Å². The minimum Gasteiger partial charge on any atom is -0.379 e. The van der Waals surface area contributed by atoms with Crippen LogP contribution in [0.1, 0.15) is 0 Å². The van der Waals surface area contributed by atoms with Gasteiger partial charge in [0.15, 0.2) is 0 Å². The number of aromatic nitrogens is 3. The summed E-state index contributed by atoms with van der Waals surface area (Å²) >= 11 is 0. The topological polar surface area (TPSA) is 83.1 Å². The van der Waals surface area contributed by atoms with Crippen molar-refractivity contribution < 1.29 is 9.53 Å². The number of morpholine rings is 1. The first kappa shape index (κ1) is 10.1. The predicted molar refractivity (Wildman–Crippen MR) is 52.3 cm³/mol. The summed E-state index contributed by atoms with van der Waals surface area (Å²) in [5.41, 5.74) is 0. The van der Waals surface area contributed by atoms with E-state index in [2.05, 4.69) is 20.5 Å². The second-order valence-electron chi connectivity index (χ2n) is 3.27. The highest BCUT2D eigenvalue weighted by molar-refractivity contribution is 5.90. The molecule has 2 heterocycles. The average molecular weight is 211 g/mol. The minimum absolute atomic E-state index is 0.0892. The van der Waals surface area contributed by atoms with Gasteiger partial charge in [0, 0.05) is 13.1 Å². The molecule has 0 saturated carbocycles. The Morgan fingerprint density at radius 1 is 1.60 bits per heavy atom. The largest absolute Gasteiger partial charge is 0.379 e. The van der Waals surface area contributed by atoms with Crippen molar-refractivity contribution in [2.75, 3.05) is 38.2 Å². The molecule has 0 aromatic carbocycles. The number of ether oxygens (including phenoxy) is 1. The van der Waals surface area contributed by atoms with Gasteiger partial charge in [-0.25, -0.2) is 5.10 Å². The summed E-state index contributed by atoms with van der Waals surface area (Å²) in [6, 6.07) is 0. The zero-order valence-electron chi connectivity index (χ0n) is 8.27. The number of hydrogen-bond acceptors (Lipinski definition) is 5.